The van der Waals surface area contributed by atoms with Gasteiger partial charge in [0.2, 0.25) is 0 Å². The lowest BCUT2D eigenvalue weighted by Crippen LogP contribution is -2.35. The molecular formula is C25H24Cl2N6O2. The second-order valence-electron chi connectivity index (χ2n) is 8.57. The minimum Gasteiger partial charge on any atom is -0.359 e. The van der Waals surface area contributed by atoms with E-state index in [1.165, 1.54) is 0 Å². The standard InChI is InChI=1S/C25H24Cl2N6O2/c1-15-22(23(31-35-15)18-7-11-20(27)12-8-18)28-25(34)32-13-3-4-21(32)24-30-29-16(2)33(24)14-17-5-9-19(26)10-6-17/h5-12,21H,3-4,13-14H2,1-2H3,(H,28,34)/t21-/m1/s1. The fourth-order valence-corrected chi connectivity index (χ4v) is 4.64. The van der Waals surface area contributed by atoms with E-state index in [4.69, 9.17) is 27.7 Å². The molecular weight excluding hydrogens is 487 g/mol. The zero-order valence-corrected chi connectivity index (χ0v) is 20.8. The molecule has 2 aromatic carbocycles. The molecule has 1 aliphatic rings. The van der Waals surface area contributed by atoms with Gasteiger partial charge in [0.1, 0.15) is 17.2 Å². The maximum Gasteiger partial charge on any atom is 0.322 e. The molecule has 35 heavy (non-hydrogen) atoms. The quantitative estimate of drug-likeness (QED) is 0.341. The van der Waals surface area contributed by atoms with Gasteiger partial charge in [0.25, 0.3) is 0 Å². The van der Waals surface area contributed by atoms with Gasteiger partial charge in [-0.25, -0.2) is 4.79 Å². The van der Waals surface area contributed by atoms with Crippen LogP contribution in [0, 0.1) is 13.8 Å². The van der Waals surface area contributed by atoms with Gasteiger partial charge in [-0.1, -0.05) is 52.6 Å². The summed E-state index contributed by atoms with van der Waals surface area (Å²) in [6.07, 6.45) is 1.68. The number of hydrogen-bond donors (Lipinski definition) is 1. The molecule has 0 bridgehead atoms. The second-order valence-corrected chi connectivity index (χ2v) is 9.44. The molecule has 5 rings (SSSR count). The summed E-state index contributed by atoms with van der Waals surface area (Å²) < 4.78 is 7.46. The number of urea groups is 1. The topological polar surface area (TPSA) is 89.1 Å². The predicted molar refractivity (Wildman–Crippen MR) is 135 cm³/mol. The number of rotatable bonds is 5. The lowest BCUT2D eigenvalue weighted by atomic mass is 10.1. The Morgan fingerprint density at radius 2 is 1.74 bits per heavy atom. The number of amides is 2. The Bertz CT molecular complexity index is 1350. The maximum absolute atomic E-state index is 13.5. The van der Waals surface area contributed by atoms with Crippen molar-refractivity contribution < 1.29 is 9.32 Å². The fraction of sp³-hybridized carbons (Fsp3) is 0.280. The van der Waals surface area contributed by atoms with Gasteiger partial charge < -0.3 is 19.3 Å². The average Bonchev–Trinajstić information content (AvgIpc) is 3.56. The molecule has 2 amide bonds. The van der Waals surface area contributed by atoms with E-state index in [9.17, 15) is 4.79 Å². The van der Waals surface area contributed by atoms with Crippen molar-refractivity contribution >= 4 is 34.9 Å². The van der Waals surface area contributed by atoms with Gasteiger partial charge >= 0.3 is 6.03 Å². The van der Waals surface area contributed by atoms with Crippen molar-refractivity contribution in [1.29, 1.82) is 0 Å². The highest BCUT2D eigenvalue weighted by Crippen LogP contribution is 2.35. The first-order chi connectivity index (χ1) is 16.9. The number of hydrogen-bond acceptors (Lipinski definition) is 5. The Kier molecular flexibility index (Phi) is 6.49. The average molecular weight is 511 g/mol. The largest absolute Gasteiger partial charge is 0.359 e. The van der Waals surface area contributed by atoms with Crippen LogP contribution < -0.4 is 5.32 Å². The lowest BCUT2D eigenvalue weighted by Gasteiger charge is -2.25. The van der Waals surface area contributed by atoms with Gasteiger partial charge in [-0.15, -0.1) is 10.2 Å². The van der Waals surface area contributed by atoms with Crippen LogP contribution in [0.1, 0.15) is 41.9 Å². The van der Waals surface area contributed by atoms with Gasteiger partial charge in [-0.2, -0.15) is 0 Å². The van der Waals surface area contributed by atoms with E-state index in [0.29, 0.717) is 40.3 Å². The van der Waals surface area contributed by atoms with E-state index in [1.54, 1.807) is 24.0 Å². The Morgan fingerprint density at radius 3 is 2.46 bits per heavy atom. The van der Waals surface area contributed by atoms with Gasteiger partial charge in [0, 0.05) is 22.2 Å². The maximum atomic E-state index is 13.5. The number of nitrogens with zero attached hydrogens (tertiary/aromatic N) is 5. The van der Waals surface area contributed by atoms with Gasteiger partial charge in [0.15, 0.2) is 11.6 Å². The lowest BCUT2D eigenvalue weighted by molar-refractivity contribution is 0.203. The Labute approximate surface area is 212 Å². The smallest absolute Gasteiger partial charge is 0.322 e. The van der Waals surface area contributed by atoms with E-state index in [0.717, 1.165) is 35.6 Å². The van der Waals surface area contributed by atoms with Crippen molar-refractivity contribution in [1.82, 2.24) is 24.8 Å². The highest BCUT2D eigenvalue weighted by Gasteiger charge is 2.35. The summed E-state index contributed by atoms with van der Waals surface area (Å²) in [5, 5.41) is 17.3. The number of likely N-dealkylation sites (tertiary alicyclic amines) is 1. The Hall–Kier alpha value is -3.36. The number of aryl methyl sites for hydroxylation is 2. The van der Waals surface area contributed by atoms with Crippen molar-refractivity contribution in [3.63, 3.8) is 0 Å². The fourth-order valence-electron chi connectivity index (χ4n) is 4.39. The molecule has 0 radical (unpaired) electrons. The number of nitrogens with one attached hydrogen (secondary N) is 1. The van der Waals surface area contributed by atoms with Crippen molar-refractivity contribution in [3.8, 4) is 11.3 Å². The summed E-state index contributed by atoms with van der Waals surface area (Å²) in [4.78, 5) is 15.3. The zero-order valence-electron chi connectivity index (χ0n) is 19.3. The van der Waals surface area contributed by atoms with E-state index >= 15 is 0 Å². The number of aromatic nitrogens is 4. The van der Waals surface area contributed by atoms with E-state index in [1.807, 2.05) is 43.3 Å². The molecule has 10 heteroatoms. The highest BCUT2D eigenvalue weighted by atomic mass is 35.5. The second kappa shape index (κ2) is 9.71. The summed E-state index contributed by atoms with van der Waals surface area (Å²) in [5.74, 6) is 2.09. The third-order valence-electron chi connectivity index (χ3n) is 6.24. The molecule has 1 N–H and O–H groups in total. The number of anilines is 1. The van der Waals surface area contributed by atoms with Crippen LogP contribution in [0.2, 0.25) is 10.0 Å². The van der Waals surface area contributed by atoms with Gasteiger partial charge in [-0.05, 0) is 56.5 Å². The molecule has 1 atom stereocenters. The van der Waals surface area contributed by atoms with E-state index < -0.39 is 0 Å². The molecule has 3 heterocycles. The molecule has 0 saturated carbocycles. The highest BCUT2D eigenvalue weighted by molar-refractivity contribution is 6.30. The zero-order chi connectivity index (χ0) is 24.5. The number of carbonyl (C=O) groups excluding carboxylic acids is 1. The third-order valence-corrected chi connectivity index (χ3v) is 6.75. The van der Waals surface area contributed by atoms with Crippen LogP contribution >= 0.6 is 23.2 Å². The molecule has 8 nitrogen and oxygen atoms in total. The molecule has 4 aromatic rings. The molecule has 180 valence electrons. The first-order valence-corrected chi connectivity index (χ1v) is 12.1. The minimum absolute atomic E-state index is 0.192. The molecule has 0 spiro atoms. The van der Waals surface area contributed by atoms with Crippen molar-refractivity contribution in [3.05, 3.63) is 81.5 Å². The van der Waals surface area contributed by atoms with Crippen LogP contribution in [-0.4, -0.2) is 37.4 Å². The normalized spacial score (nSPS) is 15.5. The monoisotopic (exact) mass is 510 g/mol. The van der Waals surface area contributed by atoms with Crippen LogP contribution in [0.3, 0.4) is 0 Å². The Balaban J connectivity index is 1.39. The molecule has 0 aliphatic carbocycles. The molecule has 0 unspecified atom stereocenters. The van der Waals surface area contributed by atoms with Crippen molar-refractivity contribution in [2.24, 2.45) is 0 Å². The van der Waals surface area contributed by atoms with Crippen LogP contribution in [0.5, 0.6) is 0 Å². The van der Waals surface area contributed by atoms with Crippen LogP contribution in [0.4, 0.5) is 10.5 Å². The predicted octanol–water partition coefficient (Wildman–Crippen LogP) is 6.27. The first kappa shape index (κ1) is 23.4. The number of halogens is 2. The molecule has 1 fully saturated rings. The number of carbonyl (C=O) groups is 1. The molecule has 2 aromatic heterocycles. The van der Waals surface area contributed by atoms with E-state index in [2.05, 4.69) is 25.2 Å². The summed E-state index contributed by atoms with van der Waals surface area (Å²) >= 11 is 12.1. The summed E-state index contributed by atoms with van der Waals surface area (Å²) in [5.41, 5.74) is 2.99. The summed E-state index contributed by atoms with van der Waals surface area (Å²) in [7, 11) is 0. The van der Waals surface area contributed by atoms with Gasteiger partial charge in [-0.3, -0.25) is 0 Å². The summed E-state index contributed by atoms with van der Waals surface area (Å²) in [6, 6.07) is 14.5. The minimum atomic E-state index is -0.229. The van der Waals surface area contributed by atoms with Crippen LogP contribution in [0.25, 0.3) is 11.3 Å². The molecule has 1 aliphatic heterocycles. The van der Waals surface area contributed by atoms with E-state index in [-0.39, 0.29) is 12.1 Å². The van der Waals surface area contributed by atoms with Crippen LogP contribution in [-0.2, 0) is 6.54 Å². The van der Waals surface area contributed by atoms with Crippen LogP contribution in [0.15, 0.2) is 53.1 Å². The molecule has 1 saturated heterocycles. The van der Waals surface area contributed by atoms with Gasteiger partial charge in [0.05, 0.1) is 12.6 Å². The van der Waals surface area contributed by atoms with Crippen molar-refractivity contribution in [2.45, 2.75) is 39.3 Å². The first-order valence-electron chi connectivity index (χ1n) is 11.3. The number of benzene rings is 2. The SMILES string of the molecule is Cc1onc(-c2ccc(Cl)cc2)c1NC(=O)N1CCC[C@@H]1c1nnc(C)n1Cc1ccc(Cl)cc1. The summed E-state index contributed by atoms with van der Waals surface area (Å²) in [6.45, 7) is 4.91. The Morgan fingerprint density at radius 1 is 1.06 bits per heavy atom. The third kappa shape index (κ3) is 4.76. The van der Waals surface area contributed by atoms with Crippen molar-refractivity contribution in [2.75, 3.05) is 11.9 Å².